The predicted octanol–water partition coefficient (Wildman–Crippen LogP) is 4.68. The highest BCUT2D eigenvalue weighted by molar-refractivity contribution is 6.51. The Kier molecular flexibility index (Phi) is 5.40. The first-order valence-corrected chi connectivity index (χ1v) is 9.78. The number of benzene rings is 3. The molecule has 0 radical (unpaired) electrons. The van der Waals surface area contributed by atoms with E-state index in [1.54, 1.807) is 60.7 Å². The minimum Gasteiger partial charge on any atom is -0.508 e. The van der Waals surface area contributed by atoms with Crippen molar-refractivity contribution in [1.29, 1.82) is 0 Å². The van der Waals surface area contributed by atoms with Crippen molar-refractivity contribution < 1.29 is 24.5 Å². The van der Waals surface area contributed by atoms with Crippen molar-refractivity contribution in [2.45, 2.75) is 6.04 Å². The molecule has 3 aromatic rings. The molecular weight excluding hydrogens is 418 g/mol. The highest BCUT2D eigenvalue weighted by Gasteiger charge is 2.46. The molecule has 1 amide bonds. The Hall–Kier alpha value is -3.77. The lowest BCUT2D eigenvalue weighted by Gasteiger charge is -2.25. The maximum absolute atomic E-state index is 13.0. The Balaban J connectivity index is 1.91. The van der Waals surface area contributed by atoms with Gasteiger partial charge in [0.1, 0.15) is 17.3 Å². The van der Waals surface area contributed by atoms with Gasteiger partial charge in [-0.25, -0.2) is 0 Å². The Morgan fingerprint density at radius 1 is 0.935 bits per heavy atom. The summed E-state index contributed by atoms with van der Waals surface area (Å²) in [6.07, 6.45) is 0. The van der Waals surface area contributed by atoms with Crippen molar-refractivity contribution >= 4 is 34.7 Å². The topological polar surface area (TPSA) is 87.1 Å². The zero-order chi connectivity index (χ0) is 22.1. The summed E-state index contributed by atoms with van der Waals surface area (Å²) in [5.74, 6) is -1.23. The molecule has 3 aromatic carbocycles. The number of ether oxygens (including phenoxy) is 1. The number of phenolic OH excluding ortho intramolecular Hbond substituents is 1. The summed E-state index contributed by atoms with van der Waals surface area (Å²) in [5.41, 5.74) is 1.34. The summed E-state index contributed by atoms with van der Waals surface area (Å²) in [4.78, 5) is 27.4. The van der Waals surface area contributed by atoms with E-state index in [-0.39, 0.29) is 17.1 Å². The molecule has 0 saturated carbocycles. The molecule has 6 nitrogen and oxygen atoms in total. The number of nitrogens with zero attached hydrogens (tertiary/aromatic N) is 1. The van der Waals surface area contributed by atoms with Gasteiger partial charge in [0.2, 0.25) is 0 Å². The average molecular weight is 436 g/mol. The fourth-order valence-corrected chi connectivity index (χ4v) is 3.70. The zero-order valence-electron chi connectivity index (χ0n) is 16.4. The van der Waals surface area contributed by atoms with Crippen LogP contribution < -0.4 is 9.64 Å². The monoisotopic (exact) mass is 435 g/mol. The number of Topliss-reactive ketones (excluding diaryl/α,β-unsaturated/α-hetero) is 1. The number of hydrogen-bond acceptors (Lipinski definition) is 5. The maximum Gasteiger partial charge on any atom is 0.300 e. The molecule has 1 saturated heterocycles. The largest absolute Gasteiger partial charge is 0.508 e. The molecule has 1 unspecified atom stereocenters. The van der Waals surface area contributed by atoms with E-state index in [4.69, 9.17) is 16.3 Å². The van der Waals surface area contributed by atoms with E-state index < -0.39 is 17.7 Å². The van der Waals surface area contributed by atoms with E-state index in [0.717, 1.165) is 0 Å². The number of phenols is 1. The van der Waals surface area contributed by atoms with Crippen molar-refractivity contribution in [1.82, 2.24) is 0 Å². The summed E-state index contributed by atoms with van der Waals surface area (Å²) in [7, 11) is 1.53. The highest BCUT2D eigenvalue weighted by Crippen LogP contribution is 2.42. The van der Waals surface area contributed by atoms with Crippen molar-refractivity contribution in [2.75, 3.05) is 12.0 Å². The number of hydrogen-bond donors (Lipinski definition) is 2. The number of rotatable bonds is 4. The minimum atomic E-state index is -0.885. The lowest BCUT2D eigenvalue weighted by Crippen LogP contribution is -2.29. The average Bonchev–Trinajstić information content (AvgIpc) is 3.05. The second-order valence-electron chi connectivity index (χ2n) is 6.97. The number of methoxy groups -OCH3 is 1. The van der Waals surface area contributed by atoms with Gasteiger partial charge in [-0.15, -0.1) is 0 Å². The number of aliphatic hydroxyl groups excluding tert-OH is 1. The number of halogens is 1. The second-order valence-corrected chi connectivity index (χ2v) is 7.40. The highest BCUT2D eigenvalue weighted by atomic mass is 35.5. The fourth-order valence-electron chi connectivity index (χ4n) is 3.58. The van der Waals surface area contributed by atoms with Crippen molar-refractivity contribution in [2.24, 2.45) is 0 Å². The van der Waals surface area contributed by atoms with Crippen LogP contribution in [0, 0.1) is 0 Å². The Morgan fingerprint density at radius 3 is 2.13 bits per heavy atom. The molecule has 2 N–H and O–H groups in total. The Labute approximate surface area is 183 Å². The summed E-state index contributed by atoms with van der Waals surface area (Å²) < 4.78 is 5.14. The third-order valence-electron chi connectivity index (χ3n) is 5.12. The number of carbonyl (C=O) groups excluding carboxylic acids is 2. The zero-order valence-corrected chi connectivity index (χ0v) is 17.2. The summed E-state index contributed by atoms with van der Waals surface area (Å²) in [6.45, 7) is 0. The number of amides is 1. The first kappa shape index (κ1) is 20.5. The molecule has 1 atom stereocenters. The van der Waals surface area contributed by atoms with Crippen LogP contribution in [0.15, 0.2) is 78.4 Å². The molecule has 0 aliphatic carbocycles. The van der Waals surface area contributed by atoms with E-state index in [2.05, 4.69) is 0 Å². The molecule has 156 valence electrons. The predicted molar refractivity (Wildman–Crippen MR) is 117 cm³/mol. The SMILES string of the molecule is COc1ccc(/C(O)=C2\C(=O)C(=O)N(c3ccc(Cl)cc3)C2c2ccc(O)cc2)cc1. The van der Waals surface area contributed by atoms with Crippen LogP contribution in [0.2, 0.25) is 5.02 Å². The van der Waals surface area contributed by atoms with Gasteiger partial charge in [0.05, 0.1) is 18.7 Å². The second kappa shape index (κ2) is 8.16. The van der Waals surface area contributed by atoms with E-state index in [0.29, 0.717) is 27.6 Å². The van der Waals surface area contributed by atoms with Gasteiger partial charge in [0.15, 0.2) is 0 Å². The number of ketones is 1. The first-order valence-electron chi connectivity index (χ1n) is 9.40. The fraction of sp³-hybridized carbons (Fsp3) is 0.0833. The van der Waals surface area contributed by atoms with Gasteiger partial charge in [0.25, 0.3) is 11.7 Å². The van der Waals surface area contributed by atoms with Crippen LogP contribution in [-0.2, 0) is 9.59 Å². The van der Waals surface area contributed by atoms with Gasteiger partial charge in [-0.05, 0) is 66.2 Å². The molecule has 1 aliphatic rings. The molecule has 0 aromatic heterocycles. The quantitative estimate of drug-likeness (QED) is 0.353. The number of aromatic hydroxyl groups is 1. The summed E-state index contributed by atoms with van der Waals surface area (Å²) >= 11 is 5.98. The van der Waals surface area contributed by atoms with Gasteiger partial charge >= 0.3 is 0 Å². The van der Waals surface area contributed by atoms with Crippen LogP contribution in [0.5, 0.6) is 11.5 Å². The van der Waals surface area contributed by atoms with Crippen molar-refractivity contribution in [3.05, 3.63) is 94.5 Å². The van der Waals surface area contributed by atoms with Gasteiger partial charge < -0.3 is 14.9 Å². The molecule has 1 aliphatic heterocycles. The molecule has 4 rings (SSSR count). The standard InChI is InChI=1S/C24H18ClNO5/c1-31-19-12-4-15(5-13-19)22(28)20-21(14-2-10-18(27)11-3-14)26(24(30)23(20)29)17-8-6-16(25)7-9-17/h2-13,21,27-28H,1H3/b22-20+. The lowest BCUT2D eigenvalue weighted by molar-refractivity contribution is -0.132. The van der Waals surface area contributed by atoms with E-state index >= 15 is 0 Å². The maximum atomic E-state index is 13.0. The van der Waals surface area contributed by atoms with Gasteiger partial charge in [-0.1, -0.05) is 23.7 Å². The normalized spacial score (nSPS) is 17.7. The molecule has 7 heteroatoms. The van der Waals surface area contributed by atoms with Gasteiger partial charge in [-0.2, -0.15) is 0 Å². The molecule has 31 heavy (non-hydrogen) atoms. The Morgan fingerprint density at radius 2 is 1.55 bits per heavy atom. The molecule has 1 heterocycles. The van der Waals surface area contributed by atoms with Gasteiger partial charge in [-0.3, -0.25) is 14.5 Å². The van der Waals surface area contributed by atoms with Crippen LogP contribution in [0.4, 0.5) is 5.69 Å². The first-order chi connectivity index (χ1) is 14.9. The summed E-state index contributed by atoms with van der Waals surface area (Å²) in [5, 5.41) is 21.2. The van der Waals surface area contributed by atoms with Crippen LogP contribution in [0.3, 0.4) is 0 Å². The molecule has 0 bridgehead atoms. The number of aliphatic hydroxyl groups is 1. The van der Waals surface area contributed by atoms with E-state index in [9.17, 15) is 19.8 Å². The Bertz CT molecular complexity index is 1170. The third kappa shape index (κ3) is 3.73. The van der Waals surface area contributed by atoms with Crippen LogP contribution in [0.1, 0.15) is 17.2 Å². The molecule has 1 fully saturated rings. The smallest absolute Gasteiger partial charge is 0.300 e. The van der Waals surface area contributed by atoms with E-state index in [1.165, 1.54) is 24.1 Å². The summed E-state index contributed by atoms with van der Waals surface area (Å²) in [6, 6.07) is 18.3. The molecule has 0 spiro atoms. The number of anilines is 1. The van der Waals surface area contributed by atoms with Gasteiger partial charge in [0, 0.05) is 16.3 Å². The third-order valence-corrected chi connectivity index (χ3v) is 5.37. The van der Waals surface area contributed by atoms with Crippen LogP contribution in [0.25, 0.3) is 5.76 Å². The molecular formula is C24H18ClNO5. The van der Waals surface area contributed by atoms with Crippen molar-refractivity contribution in [3.8, 4) is 11.5 Å². The number of carbonyl (C=O) groups is 2. The minimum absolute atomic E-state index is 0.0438. The van der Waals surface area contributed by atoms with Crippen LogP contribution in [-0.4, -0.2) is 29.0 Å². The lowest BCUT2D eigenvalue weighted by atomic mass is 9.95. The van der Waals surface area contributed by atoms with E-state index in [1.807, 2.05) is 0 Å². The van der Waals surface area contributed by atoms with Crippen molar-refractivity contribution in [3.63, 3.8) is 0 Å². The van der Waals surface area contributed by atoms with Crippen LogP contribution >= 0.6 is 11.6 Å².